The third-order valence-electron chi connectivity index (χ3n) is 3.86. The quantitative estimate of drug-likeness (QED) is 0.308. The minimum Gasteiger partial charge on any atom is -0.357 e. The number of hydrogen-bond donors (Lipinski definition) is 2. The molecule has 2 aromatic rings. The number of halogens is 1. The Balaban J connectivity index is 0.00000420. The number of benzene rings is 1. The van der Waals surface area contributed by atoms with E-state index >= 15 is 0 Å². The average molecular weight is 534 g/mol. The summed E-state index contributed by atoms with van der Waals surface area (Å²) in [7, 11) is -1.36. The van der Waals surface area contributed by atoms with Gasteiger partial charge in [0.2, 0.25) is 10.0 Å². The Kier molecular flexibility index (Phi) is 9.56. The van der Waals surface area contributed by atoms with Gasteiger partial charge < -0.3 is 10.2 Å². The number of para-hydroxylation sites is 1. The van der Waals surface area contributed by atoms with Gasteiger partial charge in [-0.3, -0.25) is 4.99 Å². The van der Waals surface area contributed by atoms with Gasteiger partial charge in [-0.05, 0) is 32.9 Å². The number of nitrogens with zero attached hydrogens (tertiary/aromatic N) is 4. The molecule has 0 aliphatic rings. The molecule has 0 amide bonds. The van der Waals surface area contributed by atoms with Gasteiger partial charge in [0.25, 0.3) is 0 Å². The van der Waals surface area contributed by atoms with Crippen LogP contribution < -0.4 is 10.0 Å². The lowest BCUT2D eigenvalue weighted by atomic mass is 10.1. The van der Waals surface area contributed by atoms with Gasteiger partial charge in [-0.25, -0.2) is 17.8 Å². The van der Waals surface area contributed by atoms with Crippen molar-refractivity contribution >= 4 is 40.0 Å². The first kappa shape index (κ1) is 25.4. The van der Waals surface area contributed by atoms with Gasteiger partial charge in [0.1, 0.15) is 0 Å². The number of hydrogen-bond acceptors (Lipinski definition) is 4. The van der Waals surface area contributed by atoms with Crippen LogP contribution in [0.15, 0.2) is 47.7 Å². The molecule has 0 aliphatic heterocycles. The fourth-order valence-corrected chi connectivity index (χ4v) is 3.86. The first-order valence-electron chi connectivity index (χ1n) is 9.17. The number of guanidine groups is 1. The van der Waals surface area contributed by atoms with Crippen LogP contribution in [0, 0.1) is 0 Å². The average Bonchev–Trinajstić information content (AvgIpc) is 3.05. The Morgan fingerprint density at radius 3 is 2.52 bits per heavy atom. The van der Waals surface area contributed by atoms with Crippen molar-refractivity contribution in [2.75, 3.05) is 26.4 Å². The lowest BCUT2D eigenvalue weighted by molar-refractivity contribution is 0.446. The largest absolute Gasteiger partial charge is 0.357 e. The number of sulfonamides is 1. The molecule has 0 unspecified atom stereocenters. The Hall–Kier alpha value is -1.66. The zero-order chi connectivity index (χ0) is 20.8. The Morgan fingerprint density at radius 1 is 1.28 bits per heavy atom. The van der Waals surface area contributed by atoms with E-state index in [9.17, 15) is 8.42 Å². The van der Waals surface area contributed by atoms with E-state index < -0.39 is 15.6 Å². The summed E-state index contributed by atoms with van der Waals surface area (Å²) in [5.74, 6) is 0.707. The highest BCUT2D eigenvalue weighted by atomic mass is 127. The molecule has 29 heavy (non-hydrogen) atoms. The molecule has 0 aliphatic carbocycles. The van der Waals surface area contributed by atoms with Gasteiger partial charge in [-0.2, -0.15) is 5.10 Å². The maximum atomic E-state index is 11.5. The van der Waals surface area contributed by atoms with Crippen molar-refractivity contribution < 1.29 is 8.42 Å². The van der Waals surface area contributed by atoms with E-state index in [0.717, 1.165) is 17.5 Å². The SMILES string of the molecule is CCNC(=NCC(C)(C)NS(C)(=O)=O)N(C)Cc1cnn(-c2ccccc2)c1.I. The van der Waals surface area contributed by atoms with Gasteiger partial charge >= 0.3 is 0 Å². The smallest absolute Gasteiger partial charge is 0.209 e. The first-order chi connectivity index (χ1) is 13.1. The Bertz CT molecular complexity index is 896. The second-order valence-electron chi connectivity index (χ2n) is 7.41. The van der Waals surface area contributed by atoms with Crippen LogP contribution in [0.3, 0.4) is 0 Å². The summed E-state index contributed by atoms with van der Waals surface area (Å²) in [4.78, 5) is 6.60. The van der Waals surface area contributed by atoms with Crippen molar-refractivity contribution in [2.24, 2.45) is 4.99 Å². The van der Waals surface area contributed by atoms with Crippen LogP contribution in [0.4, 0.5) is 0 Å². The fourth-order valence-electron chi connectivity index (χ4n) is 2.79. The van der Waals surface area contributed by atoms with Crippen molar-refractivity contribution in [2.45, 2.75) is 32.9 Å². The van der Waals surface area contributed by atoms with E-state index in [1.807, 2.05) is 80.1 Å². The summed E-state index contributed by atoms with van der Waals surface area (Å²) in [6.45, 7) is 7.27. The number of nitrogens with one attached hydrogen (secondary N) is 2. The van der Waals surface area contributed by atoms with E-state index in [-0.39, 0.29) is 24.0 Å². The molecule has 162 valence electrons. The molecule has 0 spiro atoms. The zero-order valence-corrected chi connectivity index (χ0v) is 20.7. The fraction of sp³-hybridized carbons (Fsp3) is 0.474. The molecular weight excluding hydrogens is 503 g/mol. The normalized spacial score (nSPS) is 12.4. The van der Waals surface area contributed by atoms with Gasteiger partial charge in [0, 0.05) is 37.4 Å². The molecule has 0 fully saturated rings. The zero-order valence-electron chi connectivity index (χ0n) is 17.6. The van der Waals surface area contributed by atoms with Crippen molar-refractivity contribution in [3.05, 3.63) is 48.3 Å². The third-order valence-corrected chi connectivity index (χ3v) is 4.78. The van der Waals surface area contributed by atoms with Crippen LogP contribution in [-0.4, -0.2) is 61.0 Å². The summed E-state index contributed by atoms with van der Waals surface area (Å²) < 4.78 is 27.5. The van der Waals surface area contributed by atoms with Crippen LogP contribution in [0.25, 0.3) is 5.69 Å². The van der Waals surface area contributed by atoms with Crippen molar-refractivity contribution in [3.63, 3.8) is 0 Å². The van der Waals surface area contributed by atoms with Gasteiger partial charge in [-0.15, -0.1) is 24.0 Å². The molecule has 2 rings (SSSR count). The second kappa shape index (κ2) is 10.9. The molecule has 8 nitrogen and oxygen atoms in total. The molecule has 0 saturated heterocycles. The minimum atomic E-state index is -3.30. The molecule has 0 bridgehead atoms. The van der Waals surface area contributed by atoms with Crippen LogP contribution in [0.5, 0.6) is 0 Å². The van der Waals surface area contributed by atoms with Gasteiger partial charge in [0.05, 0.1) is 24.7 Å². The lowest BCUT2D eigenvalue weighted by Crippen LogP contribution is -2.46. The highest BCUT2D eigenvalue weighted by molar-refractivity contribution is 14.0. The van der Waals surface area contributed by atoms with Crippen LogP contribution in [0.2, 0.25) is 0 Å². The van der Waals surface area contributed by atoms with E-state index in [4.69, 9.17) is 0 Å². The summed E-state index contributed by atoms with van der Waals surface area (Å²) in [5.41, 5.74) is 1.38. The topological polar surface area (TPSA) is 91.6 Å². The van der Waals surface area contributed by atoms with Crippen molar-refractivity contribution in [3.8, 4) is 5.69 Å². The number of aromatic nitrogens is 2. The monoisotopic (exact) mass is 534 g/mol. The summed E-state index contributed by atoms with van der Waals surface area (Å²) in [6, 6.07) is 9.93. The number of rotatable bonds is 8. The Morgan fingerprint density at radius 2 is 1.93 bits per heavy atom. The number of aliphatic imine (C=N–C) groups is 1. The van der Waals surface area contributed by atoms with Crippen LogP contribution in [-0.2, 0) is 16.6 Å². The minimum absolute atomic E-state index is 0. The van der Waals surface area contributed by atoms with Crippen molar-refractivity contribution in [1.29, 1.82) is 0 Å². The Labute approximate surface area is 190 Å². The van der Waals surface area contributed by atoms with Crippen molar-refractivity contribution in [1.82, 2.24) is 24.7 Å². The van der Waals surface area contributed by atoms with E-state index in [1.165, 1.54) is 0 Å². The molecule has 2 N–H and O–H groups in total. The molecule has 0 radical (unpaired) electrons. The van der Waals surface area contributed by atoms with Crippen LogP contribution >= 0.6 is 24.0 Å². The standard InChI is InChI=1S/C19H30N6O2S.HI/c1-6-20-18(21-15-19(2,3)23-28(5,26)27)24(4)13-16-12-22-25(14-16)17-10-8-7-9-11-17;/h7-12,14,23H,6,13,15H2,1-5H3,(H,20,21);1H. The highest BCUT2D eigenvalue weighted by Gasteiger charge is 2.22. The van der Waals surface area contributed by atoms with Gasteiger partial charge in [0.15, 0.2) is 5.96 Å². The molecule has 1 heterocycles. The third kappa shape index (κ3) is 8.70. The van der Waals surface area contributed by atoms with E-state index in [1.54, 1.807) is 0 Å². The summed E-state index contributed by atoms with van der Waals surface area (Å²) >= 11 is 0. The molecule has 1 aromatic heterocycles. The van der Waals surface area contributed by atoms with Crippen LogP contribution in [0.1, 0.15) is 26.3 Å². The molecule has 1 aromatic carbocycles. The van der Waals surface area contributed by atoms with E-state index in [0.29, 0.717) is 25.6 Å². The predicted octanol–water partition coefficient (Wildman–Crippen LogP) is 2.22. The summed E-state index contributed by atoms with van der Waals surface area (Å²) in [6.07, 6.45) is 4.98. The van der Waals surface area contributed by atoms with E-state index in [2.05, 4.69) is 20.1 Å². The highest BCUT2D eigenvalue weighted by Crippen LogP contribution is 2.10. The molecule has 0 saturated carbocycles. The predicted molar refractivity (Wildman–Crippen MR) is 128 cm³/mol. The first-order valence-corrected chi connectivity index (χ1v) is 11.1. The second-order valence-corrected chi connectivity index (χ2v) is 9.16. The maximum absolute atomic E-state index is 11.5. The molecular formula is C19H31IN6O2S. The lowest BCUT2D eigenvalue weighted by Gasteiger charge is -2.26. The van der Waals surface area contributed by atoms with Gasteiger partial charge in [-0.1, -0.05) is 18.2 Å². The molecule has 0 atom stereocenters. The molecule has 10 heteroatoms. The maximum Gasteiger partial charge on any atom is 0.209 e. The summed E-state index contributed by atoms with van der Waals surface area (Å²) in [5, 5.41) is 7.67.